The zero-order chi connectivity index (χ0) is 21.9. The lowest BCUT2D eigenvalue weighted by molar-refractivity contribution is -0.137. The van der Waals surface area contributed by atoms with Gasteiger partial charge in [0.25, 0.3) is 11.8 Å². The van der Waals surface area contributed by atoms with Gasteiger partial charge in [-0.3, -0.25) is 28.9 Å². The number of nitrogens with zero attached hydrogens (tertiary/aromatic N) is 1. The highest BCUT2D eigenvalue weighted by Gasteiger charge is 2.23. The summed E-state index contributed by atoms with van der Waals surface area (Å²) in [5, 5.41) is 2.76. The van der Waals surface area contributed by atoms with Crippen molar-refractivity contribution < 1.29 is 28.7 Å². The van der Waals surface area contributed by atoms with E-state index in [0.717, 1.165) is 4.90 Å². The van der Waals surface area contributed by atoms with Crippen molar-refractivity contribution in [3.63, 3.8) is 0 Å². The van der Waals surface area contributed by atoms with Crippen molar-refractivity contribution in [3.05, 3.63) is 12.2 Å². The number of ether oxygens (including phenoxy) is 1. The maximum Gasteiger partial charge on any atom is 0.253 e. The Bertz CT molecular complexity index is 630. The molecule has 0 aliphatic carbocycles. The number of hydrogen-bond acceptors (Lipinski definition) is 6. The smallest absolute Gasteiger partial charge is 0.253 e. The normalized spacial score (nSPS) is 13.8. The van der Waals surface area contributed by atoms with Gasteiger partial charge in [-0.1, -0.05) is 20.8 Å². The molecule has 29 heavy (non-hydrogen) atoms. The number of carbonyl (C=O) groups is 5. The average Bonchev–Trinajstić information content (AvgIpc) is 2.96. The van der Waals surface area contributed by atoms with Crippen molar-refractivity contribution in [1.82, 2.24) is 10.2 Å². The third kappa shape index (κ3) is 10.1. The first-order valence-electron chi connectivity index (χ1n) is 10.0. The number of carbonyl (C=O) groups excluding carboxylic acids is 5. The molecule has 8 nitrogen and oxygen atoms in total. The monoisotopic (exact) mass is 408 g/mol. The third-order valence-corrected chi connectivity index (χ3v) is 4.47. The highest BCUT2D eigenvalue weighted by Crippen LogP contribution is 2.17. The molecule has 0 aromatic heterocycles. The van der Waals surface area contributed by atoms with E-state index in [1.807, 2.05) is 20.8 Å². The van der Waals surface area contributed by atoms with Gasteiger partial charge in [-0.05, 0) is 12.8 Å². The Balaban J connectivity index is 1.97. The minimum Gasteiger partial charge on any atom is -0.381 e. The van der Waals surface area contributed by atoms with Crippen LogP contribution in [0.3, 0.4) is 0 Å². The van der Waals surface area contributed by atoms with Crippen molar-refractivity contribution >= 4 is 29.3 Å². The van der Waals surface area contributed by atoms with Gasteiger partial charge in [0, 0.05) is 62.9 Å². The summed E-state index contributed by atoms with van der Waals surface area (Å²) in [4.78, 5) is 59.1. The van der Waals surface area contributed by atoms with E-state index in [1.165, 1.54) is 12.2 Å². The number of amides is 3. The van der Waals surface area contributed by atoms with E-state index < -0.39 is 0 Å². The summed E-state index contributed by atoms with van der Waals surface area (Å²) in [7, 11) is 0. The predicted octanol–water partition coefficient (Wildman–Crippen LogP) is 1.57. The van der Waals surface area contributed by atoms with Gasteiger partial charge in [0.05, 0.1) is 6.61 Å². The molecule has 0 saturated heterocycles. The summed E-state index contributed by atoms with van der Waals surface area (Å²) in [5.41, 5.74) is -0.348. The predicted molar refractivity (Wildman–Crippen MR) is 107 cm³/mol. The van der Waals surface area contributed by atoms with Crippen LogP contribution in [0.5, 0.6) is 0 Å². The second-order valence-electron chi connectivity index (χ2n) is 8.04. The molecule has 0 atom stereocenters. The molecule has 0 aromatic rings. The molecule has 0 radical (unpaired) electrons. The zero-order valence-electron chi connectivity index (χ0n) is 17.6. The van der Waals surface area contributed by atoms with Crippen LogP contribution in [0.25, 0.3) is 0 Å². The number of Topliss-reactive ketones (excluding diaryl/α,β-unsaturated/α-hetero) is 2. The first-order chi connectivity index (χ1) is 13.6. The third-order valence-electron chi connectivity index (χ3n) is 4.47. The summed E-state index contributed by atoms with van der Waals surface area (Å²) < 4.78 is 5.36. The molecule has 0 fully saturated rings. The molecule has 1 aliphatic rings. The summed E-state index contributed by atoms with van der Waals surface area (Å²) in [6.07, 6.45) is 4.66. The van der Waals surface area contributed by atoms with Gasteiger partial charge < -0.3 is 10.1 Å². The zero-order valence-corrected chi connectivity index (χ0v) is 17.6. The van der Waals surface area contributed by atoms with Gasteiger partial charge in [-0.2, -0.15) is 0 Å². The summed E-state index contributed by atoms with van der Waals surface area (Å²) >= 11 is 0. The van der Waals surface area contributed by atoms with E-state index >= 15 is 0 Å². The van der Waals surface area contributed by atoms with Crippen molar-refractivity contribution in [2.75, 3.05) is 26.3 Å². The Hall–Kier alpha value is -2.35. The number of nitrogens with one attached hydrogen (secondary N) is 1. The van der Waals surface area contributed by atoms with Gasteiger partial charge >= 0.3 is 0 Å². The van der Waals surface area contributed by atoms with Crippen LogP contribution in [0.15, 0.2) is 12.2 Å². The first-order valence-corrected chi connectivity index (χ1v) is 10.0. The summed E-state index contributed by atoms with van der Waals surface area (Å²) in [5.74, 6) is -0.753. The molecule has 0 bridgehead atoms. The van der Waals surface area contributed by atoms with E-state index in [0.29, 0.717) is 38.8 Å². The minimum atomic E-state index is -0.384. The lowest BCUT2D eigenvalue weighted by Crippen LogP contribution is -2.32. The minimum absolute atomic E-state index is 0.0383. The van der Waals surface area contributed by atoms with Gasteiger partial charge in [-0.25, -0.2) is 0 Å². The number of rotatable bonds is 14. The number of imide groups is 1. The molecular formula is C21H32N2O6. The fraction of sp³-hybridized carbons (Fsp3) is 0.667. The molecular weight excluding hydrogens is 376 g/mol. The quantitative estimate of drug-likeness (QED) is 0.345. The highest BCUT2D eigenvalue weighted by atomic mass is 16.5. The number of ketones is 2. The van der Waals surface area contributed by atoms with Crippen LogP contribution in [0.1, 0.15) is 59.3 Å². The summed E-state index contributed by atoms with van der Waals surface area (Å²) in [6, 6.07) is 0. The van der Waals surface area contributed by atoms with E-state index in [4.69, 9.17) is 4.74 Å². The van der Waals surface area contributed by atoms with Crippen molar-refractivity contribution in [2.45, 2.75) is 59.3 Å². The fourth-order valence-electron chi connectivity index (χ4n) is 2.59. The largest absolute Gasteiger partial charge is 0.381 e. The Morgan fingerprint density at radius 2 is 1.59 bits per heavy atom. The van der Waals surface area contributed by atoms with E-state index in [2.05, 4.69) is 5.32 Å². The Morgan fingerprint density at radius 3 is 2.21 bits per heavy atom. The van der Waals surface area contributed by atoms with Crippen molar-refractivity contribution in [1.29, 1.82) is 0 Å². The van der Waals surface area contributed by atoms with E-state index in [-0.39, 0.29) is 60.7 Å². The molecule has 0 saturated carbocycles. The lowest BCUT2D eigenvalue weighted by atomic mass is 9.88. The van der Waals surface area contributed by atoms with E-state index in [9.17, 15) is 24.0 Å². The molecule has 8 heteroatoms. The van der Waals surface area contributed by atoms with Crippen molar-refractivity contribution in [2.24, 2.45) is 5.41 Å². The standard InChI is InChI=1S/C21H32N2O6/c1-21(2,3)17(25)7-4-12-22-18(26)11-15-29-14-5-6-16(24)10-13-23-19(27)8-9-20(23)28/h8-9H,4-7,10-15H2,1-3H3,(H,22,26). The maximum absolute atomic E-state index is 11.8. The van der Waals surface area contributed by atoms with Gasteiger partial charge in [-0.15, -0.1) is 0 Å². The second-order valence-corrected chi connectivity index (χ2v) is 8.04. The highest BCUT2D eigenvalue weighted by molar-refractivity contribution is 6.13. The Kier molecular flexibility index (Phi) is 10.4. The van der Waals surface area contributed by atoms with Crippen LogP contribution < -0.4 is 5.32 Å². The molecule has 3 amide bonds. The summed E-state index contributed by atoms with van der Waals surface area (Å²) in [6.45, 7) is 6.84. The molecule has 1 N–H and O–H groups in total. The Morgan fingerprint density at radius 1 is 0.931 bits per heavy atom. The molecule has 0 spiro atoms. The molecule has 1 heterocycles. The molecule has 0 aromatic carbocycles. The topological polar surface area (TPSA) is 110 Å². The second kappa shape index (κ2) is 12.3. The van der Waals surface area contributed by atoms with E-state index in [1.54, 1.807) is 0 Å². The van der Waals surface area contributed by atoms with Gasteiger partial charge in [0.2, 0.25) is 5.91 Å². The van der Waals surface area contributed by atoms with Crippen LogP contribution >= 0.6 is 0 Å². The van der Waals surface area contributed by atoms with Crippen LogP contribution in [0.4, 0.5) is 0 Å². The lowest BCUT2D eigenvalue weighted by Gasteiger charge is -2.16. The first kappa shape index (κ1) is 24.7. The Labute approximate surface area is 172 Å². The van der Waals surface area contributed by atoms with Crippen LogP contribution in [-0.4, -0.2) is 60.5 Å². The molecule has 0 unspecified atom stereocenters. The van der Waals surface area contributed by atoms with Crippen LogP contribution in [0, 0.1) is 5.41 Å². The molecule has 1 rings (SSSR count). The van der Waals surface area contributed by atoms with Crippen LogP contribution in [0.2, 0.25) is 0 Å². The van der Waals surface area contributed by atoms with Gasteiger partial charge in [0.15, 0.2) is 0 Å². The van der Waals surface area contributed by atoms with Gasteiger partial charge in [0.1, 0.15) is 11.6 Å². The molecule has 162 valence electrons. The maximum atomic E-state index is 11.8. The fourth-order valence-corrected chi connectivity index (χ4v) is 2.59. The molecule has 1 aliphatic heterocycles. The number of hydrogen-bond donors (Lipinski definition) is 1. The SMILES string of the molecule is CC(C)(C)C(=O)CCCNC(=O)CCOCCCC(=O)CCN1C(=O)C=CC1=O. The average molecular weight is 408 g/mol. The van der Waals surface area contributed by atoms with Crippen molar-refractivity contribution in [3.8, 4) is 0 Å². The van der Waals surface area contributed by atoms with Crippen LogP contribution in [-0.2, 0) is 28.7 Å².